The number of rotatable bonds is 3. The Morgan fingerprint density at radius 1 is 0.588 bits per heavy atom. The van der Waals surface area contributed by atoms with Crippen LogP contribution in [0.3, 0.4) is 0 Å². The van der Waals surface area contributed by atoms with Crippen LogP contribution in [0.1, 0.15) is 103 Å². The lowest BCUT2D eigenvalue weighted by Gasteiger charge is -2.41. The predicted octanol–water partition coefficient (Wildman–Crippen LogP) is 16.4. The quantitative estimate of drug-likeness (QED) is 0.179. The van der Waals surface area contributed by atoms with E-state index in [9.17, 15) is 0 Å². The summed E-state index contributed by atoms with van der Waals surface area (Å²) in [5, 5.41) is 11.6. The van der Waals surface area contributed by atoms with Crippen LogP contribution in [-0.2, 0) is 21.7 Å². The molecular formula is C63H54BN2OS. The second kappa shape index (κ2) is 13.4. The molecule has 5 heteroatoms. The molecule has 0 unspecified atom stereocenters. The van der Waals surface area contributed by atoms with Crippen molar-refractivity contribution in [3.63, 3.8) is 0 Å². The fraction of sp³-hybridized carbons (Fsp3) is 0.238. The molecule has 1 aliphatic heterocycles. The van der Waals surface area contributed by atoms with Crippen LogP contribution >= 0.6 is 11.3 Å². The van der Waals surface area contributed by atoms with Crippen molar-refractivity contribution in [1.29, 1.82) is 0 Å². The van der Waals surface area contributed by atoms with Crippen LogP contribution in [0.2, 0.25) is 0 Å². The first-order valence-electron chi connectivity index (χ1n) is 24.5. The Labute approximate surface area is 403 Å². The minimum atomic E-state index is -0.109. The lowest BCUT2D eigenvalue weighted by molar-refractivity contribution is 0.332. The third kappa shape index (κ3) is 5.48. The number of nitrogens with one attached hydrogen (secondary N) is 1. The van der Waals surface area contributed by atoms with E-state index in [1.54, 1.807) is 0 Å². The molecule has 4 heterocycles. The first-order valence-corrected chi connectivity index (χ1v) is 25.3. The summed E-state index contributed by atoms with van der Waals surface area (Å²) in [6, 6.07) is 51.1. The molecule has 8 aromatic carbocycles. The Bertz CT molecular complexity index is 4030. The Morgan fingerprint density at radius 3 is 2.10 bits per heavy atom. The molecule has 3 aliphatic rings. The third-order valence-corrected chi connectivity index (χ3v) is 17.8. The Kier molecular flexibility index (Phi) is 7.96. The first-order chi connectivity index (χ1) is 32.5. The minimum Gasteiger partial charge on any atom is -0.456 e. The van der Waals surface area contributed by atoms with Crippen molar-refractivity contribution < 1.29 is 4.42 Å². The monoisotopic (exact) mass is 897 g/mol. The fourth-order valence-electron chi connectivity index (χ4n) is 12.7. The van der Waals surface area contributed by atoms with Crippen molar-refractivity contribution in [3.05, 3.63) is 161 Å². The summed E-state index contributed by atoms with van der Waals surface area (Å²) in [5.74, 6) is 0. The van der Waals surface area contributed by atoms with Gasteiger partial charge in [0, 0.05) is 75.3 Å². The average molecular weight is 898 g/mol. The number of benzene rings is 8. The summed E-state index contributed by atoms with van der Waals surface area (Å²) in [7, 11) is 2.48. The van der Waals surface area contributed by atoms with Crippen molar-refractivity contribution >= 4 is 105 Å². The molecule has 3 nitrogen and oxygen atoms in total. The normalized spacial score (nSPS) is 16.4. The Hall–Kier alpha value is -6.56. The maximum absolute atomic E-state index is 7.04. The number of hydrogen-bond donors (Lipinski definition) is 1. The zero-order valence-electron chi connectivity index (χ0n) is 40.5. The molecule has 3 aromatic heterocycles. The van der Waals surface area contributed by atoms with Crippen molar-refractivity contribution in [2.24, 2.45) is 0 Å². The summed E-state index contributed by atoms with van der Waals surface area (Å²) in [4.78, 5) is 0. The van der Waals surface area contributed by atoms with Gasteiger partial charge < -0.3 is 14.3 Å². The van der Waals surface area contributed by atoms with E-state index >= 15 is 0 Å². The van der Waals surface area contributed by atoms with E-state index in [2.05, 4.69) is 213 Å². The second-order valence-corrected chi connectivity index (χ2v) is 24.2. The van der Waals surface area contributed by atoms with Crippen LogP contribution in [0.5, 0.6) is 0 Å². The SMILES string of the molecule is CC(C)(C)c1ccc(Nc2cc3c(cc2-c2ccc4c5c6c(ccc5n5c4c2[B]c2cc4sc7ccccc7c4cc2-5)C(C)(C)c2ccccc2-6)oc2cc4c(cc23)C(C)(C)CCC4(C)C)cc1. The van der Waals surface area contributed by atoms with Gasteiger partial charge in [0.1, 0.15) is 11.2 Å². The van der Waals surface area contributed by atoms with E-state index in [0.717, 1.165) is 39.9 Å². The fourth-order valence-corrected chi connectivity index (χ4v) is 13.8. The minimum absolute atomic E-state index is 0.0574. The highest BCUT2D eigenvalue weighted by molar-refractivity contribution is 7.26. The van der Waals surface area contributed by atoms with Gasteiger partial charge in [0.25, 0.3) is 0 Å². The van der Waals surface area contributed by atoms with Crippen LogP contribution < -0.4 is 16.2 Å². The number of hydrogen-bond acceptors (Lipinski definition) is 3. The van der Waals surface area contributed by atoms with Crippen LogP contribution in [-0.4, -0.2) is 11.8 Å². The van der Waals surface area contributed by atoms with Gasteiger partial charge in [-0.15, -0.1) is 11.3 Å². The molecule has 0 saturated carbocycles. The number of nitrogens with zero attached hydrogens (tertiary/aromatic N) is 1. The third-order valence-electron chi connectivity index (χ3n) is 16.6. The molecule has 331 valence electrons. The van der Waals surface area contributed by atoms with Gasteiger partial charge in [0.2, 0.25) is 0 Å². The van der Waals surface area contributed by atoms with Gasteiger partial charge in [-0.1, -0.05) is 141 Å². The van der Waals surface area contributed by atoms with Crippen molar-refractivity contribution in [1.82, 2.24) is 4.57 Å². The Balaban J connectivity index is 1.07. The molecule has 1 N–H and O–H groups in total. The number of fused-ring (bicyclic) bond motifs is 16. The van der Waals surface area contributed by atoms with Crippen LogP contribution in [0.25, 0.3) is 91.9 Å². The summed E-state index contributed by atoms with van der Waals surface area (Å²) < 4.78 is 12.3. The smallest absolute Gasteiger partial charge is 0.197 e. The van der Waals surface area contributed by atoms with Crippen molar-refractivity contribution in [2.45, 2.75) is 96.8 Å². The van der Waals surface area contributed by atoms with E-state index in [-0.39, 0.29) is 21.7 Å². The number of furan rings is 1. The molecule has 11 aromatic rings. The highest BCUT2D eigenvalue weighted by Crippen LogP contribution is 2.54. The molecule has 1 radical (unpaired) electrons. The van der Waals surface area contributed by atoms with Gasteiger partial charge >= 0.3 is 0 Å². The summed E-state index contributed by atoms with van der Waals surface area (Å²) >= 11 is 1.89. The molecule has 0 atom stereocenters. The zero-order valence-corrected chi connectivity index (χ0v) is 41.3. The highest BCUT2D eigenvalue weighted by Gasteiger charge is 2.40. The number of aromatic nitrogens is 1. The average Bonchev–Trinajstić information content (AvgIpc) is 4.03. The summed E-state index contributed by atoms with van der Waals surface area (Å²) in [5.41, 5.74) is 22.3. The maximum Gasteiger partial charge on any atom is 0.197 e. The van der Waals surface area contributed by atoms with E-state index in [0.29, 0.717) is 0 Å². The number of thiophene rings is 1. The van der Waals surface area contributed by atoms with Gasteiger partial charge in [-0.25, -0.2) is 0 Å². The molecular weight excluding hydrogens is 844 g/mol. The van der Waals surface area contributed by atoms with Gasteiger partial charge in [-0.05, 0) is 140 Å². The van der Waals surface area contributed by atoms with E-state index in [1.165, 1.54) is 115 Å². The van der Waals surface area contributed by atoms with Gasteiger partial charge in [-0.2, -0.15) is 0 Å². The Morgan fingerprint density at radius 2 is 1.31 bits per heavy atom. The van der Waals surface area contributed by atoms with Gasteiger partial charge in [0.15, 0.2) is 7.28 Å². The molecule has 14 rings (SSSR count). The molecule has 2 aliphatic carbocycles. The van der Waals surface area contributed by atoms with E-state index < -0.39 is 0 Å². The van der Waals surface area contributed by atoms with Crippen LogP contribution in [0.4, 0.5) is 11.4 Å². The summed E-state index contributed by atoms with van der Waals surface area (Å²) in [6.45, 7) is 21.2. The first kappa shape index (κ1) is 40.5. The largest absolute Gasteiger partial charge is 0.456 e. The highest BCUT2D eigenvalue weighted by atomic mass is 32.1. The zero-order chi connectivity index (χ0) is 46.4. The van der Waals surface area contributed by atoms with Crippen molar-refractivity contribution in [3.8, 4) is 27.9 Å². The molecule has 0 amide bonds. The molecule has 68 heavy (non-hydrogen) atoms. The summed E-state index contributed by atoms with van der Waals surface area (Å²) in [6.07, 6.45) is 2.33. The van der Waals surface area contributed by atoms with Crippen LogP contribution in [0, 0.1) is 0 Å². The predicted molar refractivity (Wildman–Crippen MR) is 293 cm³/mol. The number of anilines is 2. The van der Waals surface area contributed by atoms with Gasteiger partial charge in [0.05, 0.1) is 5.52 Å². The lowest BCUT2D eigenvalue weighted by Crippen LogP contribution is -2.37. The second-order valence-electron chi connectivity index (χ2n) is 23.1. The van der Waals surface area contributed by atoms with Crippen LogP contribution in [0.15, 0.2) is 138 Å². The lowest BCUT2D eigenvalue weighted by atomic mass is 9.59. The standard InChI is InChI=1S/C63H54BN2OS/c1-60(2,3)34-18-20-35(21-19-34)65-49-29-42-41-28-46-47(62(6,7)27-26-61(46,4)5)32-53(41)67-52(42)31-40(49)37-22-23-39-57-50(25-24-45-56(57)38-15-10-12-16-44(38)63(45,8)9)66-51-30-43-36-14-11-13-17-54(36)68-55(43)33-48(51)64-58(37)59(39)66/h10-25,28-33,65H,26-27H2,1-9H3. The van der Waals surface area contributed by atoms with E-state index in [4.69, 9.17) is 4.42 Å². The molecule has 0 fully saturated rings. The van der Waals surface area contributed by atoms with Gasteiger partial charge in [-0.3, -0.25) is 0 Å². The molecule has 0 saturated heterocycles. The molecule has 0 spiro atoms. The maximum atomic E-state index is 7.04. The topological polar surface area (TPSA) is 30.1 Å². The molecule has 0 bridgehead atoms. The van der Waals surface area contributed by atoms with Crippen molar-refractivity contribution in [2.75, 3.05) is 5.32 Å². The van der Waals surface area contributed by atoms with E-state index in [1.807, 2.05) is 11.3 Å².